The minimum absolute atomic E-state index is 0.0296. The van der Waals surface area contributed by atoms with Gasteiger partial charge < -0.3 is 5.32 Å². The van der Waals surface area contributed by atoms with Crippen LogP contribution in [0.1, 0.15) is 32.3 Å². The molecule has 2 atom stereocenters. The van der Waals surface area contributed by atoms with E-state index in [0.29, 0.717) is 19.6 Å². The molecule has 2 heterocycles. The van der Waals surface area contributed by atoms with E-state index in [9.17, 15) is 13.2 Å². The molecule has 1 saturated heterocycles. The molecule has 2 fully saturated rings. The van der Waals surface area contributed by atoms with Gasteiger partial charge in [0, 0.05) is 37.9 Å². The molecule has 1 spiro atoms. The number of nitrogens with zero attached hydrogens (tertiary/aromatic N) is 2. The average molecular weight is 351 g/mol. The molecule has 132 valence electrons. The molecule has 1 aliphatic heterocycles. The van der Waals surface area contributed by atoms with E-state index in [1.807, 2.05) is 26.0 Å². The molecular formula is C17H25N3O3S. The number of amides is 1. The van der Waals surface area contributed by atoms with E-state index in [4.69, 9.17) is 0 Å². The molecule has 0 bridgehead atoms. The Bertz CT molecular complexity index is 705. The maximum absolute atomic E-state index is 12.4. The van der Waals surface area contributed by atoms with Crippen LogP contribution >= 0.6 is 0 Å². The molecule has 2 unspecified atom stereocenters. The van der Waals surface area contributed by atoms with Crippen LogP contribution in [-0.2, 0) is 21.4 Å². The summed E-state index contributed by atoms with van der Waals surface area (Å²) in [5, 5.41) is 2.95. The number of rotatable bonds is 6. The van der Waals surface area contributed by atoms with Crippen LogP contribution in [0.25, 0.3) is 0 Å². The summed E-state index contributed by atoms with van der Waals surface area (Å²) in [7, 11) is -3.20. The van der Waals surface area contributed by atoms with Crippen LogP contribution in [0.15, 0.2) is 24.5 Å². The van der Waals surface area contributed by atoms with Gasteiger partial charge in [0.25, 0.3) is 0 Å². The highest BCUT2D eigenvalue weighted by atomic mass is 32.2. The topological polar surface area (TPSA) is 79.4 Å². The number of hydrogen-bond donors (Lipinski definition) is 1. The minimum Gasteiger partial charge on any atom is -0.352 e. The number of pyridine rings is 1. The SMILES string of the molecule is CC(C)CS(=O)(=O)N1CCC2(CC2C(=O)NCc2cccnc2)C1. The number of sulfonamides is 1. The number of carbonyl (C=O) groups excluding carboxylic acids is 1. The average Bonchev–Trinajstić information content (AvgIpc) is 3.04. The van der Waals surface area contributed by atoms with Gasteiger partial charge >= 0.3 is 0 Å². The summed E-state index contributed by atoms with van der Waals surface area (Å²) >= 11 is 0. The summed E-state index contributed by atoms with van der Waals surface area (Å²) in [5.41, 5.74) is 0.830. The molecule has 1 saturated carbocycles. The maximum Gasteiger partial charge on any atom is 0.224 e. The Morgan fingerprint density at radius 1 is 1.50 bits per heavy atom. The minimum atomic E-state index is -3.20. The Hall–Kier alpha value is -1.47. The summed E-state index contributed by atoms with van der Waals surface area (Å²) in [6.07, 6.45) is 5.01. The quantitative estimate of drug-likeness (QED) is 0.840. The molecule has 0 radical (unpaired) electrons. The molecule has 6 nitrogen and oxygen atoms in total. The molecule has 3 rings (SSSR count). The van der Waals surface area contributed by atoms with Crippen molar-refractivity contribution in [3.05, 3.63) is 30.1 Å². The van der Waals surface area contributed by atoms with E-state index in [-0.39, 0.29) is 28.9 Å². The molecule has 1 amide bonds. The van der Waals surface area contributed by atoms with E-state index in [0.717, 1.165) is 18.4 Å². The van der Waals surface area contributed by atoms with Crippen LogP contribution in [0.3, 0.4) is 0 Å². The van der Waals surface area contributed by atoms with Gasteiger partial charge in [-0.25, -0.2) is 12.7 Å². The first-order chi connectivity index (χ1) is 11.3. The lowest BCUT2D eigenvalue weighted by Gasteiger charge is -2.18. The highest BCUT2D eigenvalue weighted by molar-refractivity contribution is 7.89. The lowest BCUT2D eigenvalue weighted by atomic mass is 10.0. The van der Waals surface area contributed by atoms with Crippen molar-refractivity contribution in [2.24, 2.45) is 17.3 Å². The summed E-state index contributed by atoms with van der Waals surface area (Å²) in [6, 6.07) is 3.76. The molecule has 1 aromatic rings. The monoisotopic (exact) mass is 351 g/mol. The second-order valence-electron chi connectivity index (χ2n) is 7.45. The van der Waals surface area contributed by atoms with Crippen molar-refractivity contribution in [1.29, 1.82) is 0 Å². The van der Waals surface area contributed by atoms with Crippen molar-refractivity contribution in [1.82, 2.24) is 14.6 Å². The first-order valence-corrected chi connectivity index (χ1v) is 10.1. The fourth-order valence-electron chi connectivity index (χ4n) is 3.61. The van der Waals surface area contributed by atoms with Crippen molar-refractivity contribution in [3.63, 3.8) is 0 Å². The van der Waals surface area contributed by atoms with Gasteiger partial charge in [-0.1, -0.05) is 19.9 Å². The van der Waals surface area contributed by atoms with Gasteiger partial charge in [0.2, 0.25) is 15.9 Å². The predicted molar refractivity (Wildman–Crippen MR) is 91.4 cm³/mol. The van der Waals surface area contributed by atoms with Crippen LogP contribution in [0.5, 0.6) is 0 Å². The van der Waals surface area contributed by atoms with Gasteiger partial charge in [-0.3, -0.25) is 9.78 Å². The van der Waals surface area contributed by atoms with Gasteiger partial charge in [-0.05, 0) is 35.8 Å². The Morgan fingerprint density at radius 2 is 2.29 bits per heavy atom. The smallest absolute Gasteiger partial charge is 0.224 e. The van der Waals surface area contributed by atoms with Crippen molar-refractivity contribution < 1.29 is 13.2 Å². The summed E-state index contributed by atoms with van der Waals surface area (Å²) < 4.78 is 26.3. The van der Waals surface area contributed by atoms with Crippen LogP contribution < -0.4 is 5.32 Å². The summed E-state index contributed by atoms with van der Waals surface area (Å²) in [4.78, 5) is 16.4. The third-order valence-electron chi connectivity index (χ3n) is 4.98. The van der Waals surface area contributed by atoms with Crippen LogP contribution in [-0.4, -0.2) is 42.5 Å². The molecule has 1 N–H and O–H groups in total. The first kappa shape index (κ1) is 17.4. The van der Waals surface area contributed by atoms with Crippen LogP contribution in [0.2, 0.25) is 0 Å². The van der Waals surface area contributed by atoms with Crippen molar-refractivity contribution in [3.8, 4) is 0 Å². The third kappa shape index (κ3) is 3.62. The van der Waals surface area contributed by atoms with Crippen LogP contribution in [0.4, 0.5) is 0 Å². The number of nitrogens with one attached hydrogen (secondary N) is 1. The van der Waals surface area contributed by atoms with E-state index < -0.39 is 10.0 Å². The standard InChI is InChI=1S/C17H25N3O3S/c1-13(2)11-24(22,23)20-7-5-17(12-20)8-15(17)16(21)19-10-14-4-3-6-18-9-14/h3-4,6,9,13,15H,5,7-8,10-12H2,1-2H3,(H,19,21). The predicted octanol–water partition coefficient (Wildman–Crippen LogP) is 1.40. The van der Waals surface area contributed by atoms with E-state index in [1.54, 1.807) is 16.7 Å². The Morgan fingerprint density at radius 3 is 2.96 bits per heavy atom. The van der Waals surface area contributed by atoms with E-state index in [1.165, 1.54) is 0 Å². The molecule has 7 heteroatoms. The zero-order valence-electron chi connectivity index (χ0n) is 14.2. The molecule has 1 aliphatic carbocycles. The first-order valence-electron chi connectivity index (χ1n) is 8.47. The molecular weight excluding hydrogens is 326 g/mol. The van der Waals surface area contributed by atoms with Gasteiger partial charge in [0.15, 0.2) is 0 Å². The lowest BCUT2D eigenvalue weighted by molar-refractivity contribution is -0.123. The Balaban J connectivity index is 1.54. The normalized spacial score (nSPS) is 26.9. The highest BCUT2D eigenvalue weighted by Gasteiger charge is 2.61. The molecule has 2 aliphatic rings. The van der Waals surface area contributed by atoms with E-state index >= 15 is 0 Å². The van der Waals surface area contributed by atoms with E-state index in [2.05, 4.69) is 10.3 Å². The summed E-state index contributed by atoms with van der Waals surface area (Å²) in [6.45, 7) is 5.33. The maximum atomic E-state index is 12.4. The molecule has 0 aromatic carbocycles. The lowest BCUT2D eigenvalue weighted by Crippen LogP contribution is -2.33. The fourth-order valence-corrected chi connectivity index (χ4v) is 5.48. The molecule has 1 aromatic heterocycles. The second-order valence-corrected chi connectivity index (χ2v) is 9.47. The Labute approximate surface area is 143 Å². The van der Waals surface area contributed by atoms with Gasteiger partial charge in [-0.2, -0.15) is 0 Å². The Kier molecular flexibility index (Phi) is 4.66. The fraction of sp³-hybridized carbons (Fsp3) is 0.647. The van der Waals surface area contributed by atoms with Gasteiger partial charge in [0.1, 0.15) is 0 Å². The summed E-state index contributed by atoms with van der Waals surface area (Å²) in [5.74, 6) is 0.265. The number of aromatic nitrogens is 1. The largest absolute Gasteiger partial charge is 0.352 e. The highest BCUT2D eigenvalue weighted by Crippen LogP contribution is 2.59. The van der Waals surface area contributed by atoms with Crippen molar-refractivity contribution in [2.45, 2.75) is 33.2 Å². The van der Waals surface area contributed by atoms with Crippen LogP contribution in [0, 0.1) is 17.3 Å². The molecule has 24 heavy (non-hydrogen) atoms. The van der Waals surface area contributed by atoms with Crippen molar-refractivity contribution >= 4 is 15.9 Å². The third-order valence-corrected chi connectivity index (χ3v) is 7.17. The number of carbonyl (C=O) groups is 1. The zero-order chi connectivity index (χ0) is 17.4. The van der Waals surface area contributed by atoms with Gasteiger partial charge in [0.05, 0.1) is 5.75 Å². The second kappa shape index (κ2) is 6.44. The van der Waals surface area contributed by atoms with Gasteiger partial charge in [-0.15, -0.1) is 0 Å². The zero-order valence-corrected chi connectivity index (χ0v) is 15.1. The van der Waals surface area contributed by atoms with Crippen molar-refractivity contribution in [2.75, 3.05) is 18.8 Å². The number of hydrogen-bond acceptors (Lipinski definition) is 4.